The Balaban J connectivity index is 2.16. The molecule has 1 aliphatic rings. The highest BCUT2D eigenvalue weighted by atomic mass is 79.9. The zero-order valence-electron chi connectivity index (χ0n) is 8.44. The summed E-state index contributed by atoms with van der Waals surface area (Å²) in [4.78, 5) is 3.97. The van der Waals surface area contributed by atoms with Gasteiger partial charge in [-0.15, -0.1) is 5.10 Å². The van der Waals surface area contributed by atoms with Gasteiger partial charge >= 0.3 is 0 Å². The number of rotatable bonds is 3. The van der Waals surface area contributed by atoms with E-state index in [1.54, 1.807) is 11.8 Å². The average molecular weight is 277 g/mol. The normalized spacial score (nSPS) is 26.0. The van der Waals surface area contributed by atoms with Crippen LogP contribution in [0.2, 0.25) is 0 Å². The molecule has 2 rings (SSSR count). The molecule has 1 aliphatic heterocycles. The van der Waals surface area contributed by atoms with E-state index < -0.39 is 0 Å². The highest BCUT2D eigenvalue weighted by Crippen LogP contribution is 2.25. The molecule has 0 aromatic carbocycles. The van der Waals surface area contributed by atoms with E-state index in [4.69, 9.17) is 15.2 Å². The summed E-state index contributed by atoms with van der Waals surface area (Å²) < 4.78 is 13.1. The van der Waals surface area contributed by atoms with E-state index in [9.17, 15) is 0 Å². The average Bonchev–Trinajstić information content (AvgIpc) is 2.76. The number of hydrogen-bond donors (Lipinski definition) is 1. The highest BCUT2D eigenvalue weighted by molar-refractivity contribution is 9.10. The molecule has 6 nitrogen and oxygen atoms in total. The van der Waals surface area contributed by atoms with Gasteiger partial charge in [0.25, 0.3) is 0 Å². The SMILES string of the molecule is COC1(Cn2nc(N)nc2Br)CCOC1. The van der Waals surface area contributed by atoms with Gasteiger partial charge in [-0.3, -0.25) is 0 Å². The Bertz CT molecular complexity index is 348. The van der Waals surface area contributed by atoms with Crippen LogP contribution in [0.5, 0.6) is 0 Å². The van der Waals surface area contributed by atoms with E-state index in [2.05, 4.69) is 26.0 Å². The van der Waals surface area contributed by atoms with E-state index in [1.165, 1.54) is 0 Å². The Kier molecular flexibility index (Phi) is 2.94. The second-order valence-corrected chi connectivity index (χ2v) is 4.30. The molecule has 15 heavy (non-hydrogen) atoms. The van der Waals surface area contributed by atoms with Crippen LogP contribution in [0.3, 0.4) is 0 Å². The van der Waals surface area contributed by atoms with Gasteiger partial charge in [-0.2, -0.15) is 4.98 Å². The molecule has 2 N–H and O–H groups in total. The smallest absolute Gasteiger partial charge is 0.240 e. The molecule has 1 saturated heterocycles. The van der Waals surface area contributed by atoms with Gasteiger partial charge in [0.1, 0.15) is 5.60 Å². The topological polar surface area (TPSA) is 75.2 Å². The van der Waals surface area contributed by atoms with Crippen LogP contribution in [0.4, 0.5) is 5.95 Å². The molecule has 2 heterocycles. The number of aromatic nitrogens is 3. The van der Waals surface area contributed by atoms with Crippen LogP contribution in [0, 0.1) is 0 Å². The number of ether oxygens (including phenoxy) is 2. The quantitative estimate of drug-likeness (QED) is 0.867. The maximum atomic E-state index is 5.49. The monoisotopic (exact) mass is 276 g/mol. The Hall–Kier alpha value is -0.660. The minimum Gasteiger partial charge on any atom is -0.378 e. The molecule has 1 unspecified atom stereocenters. The number of nitrogen functional groups attached to an aromatic ring is 1. The van der Waals surface area contributed by atoms with E-state index in [0.29, 0.717) is 17.9 Å². The summed E-state index contributed by atoms with van der Waals surface area (Å²) in [6.07, 6.45) is 0.857. The van der Waals surface area contributed by atoms with Gasteiger partial charge in [0.2, 0.25) is 5.95 Å². The molecule has 0 bridgehead atoms. The number of methoxy groups -OCH3 is 1. The lowest BCUT2D eigenvalue weighted by Gasteiger charge is -2.25. The van der Waals surface area contributed by atoms with Crippen molar-refractivity contribution >= 4 is 21.9 Å². The number of nitrogens with two attached hydrogens (primary N) is 1. The van der Waals surface area contributed by atoms with Crippen molar-refractivity contribution in [1.82, 2.24) is 14.8 Å². The molecular weight excluding hydrogens is 264 g/mol. The summed E-state index contributed by atoms with van der Waals surface area (Å²) in [5, 5.41) is 4.07. The van der Waals surface area contributed by atoms with Crippen molar-refractivity contribution in [3.05, 3.63) is 4.73 Å². The fourth-order valence-corrected chi connectivity index (χ4v) is 2.04. The molecule has 1 atom stereocenters. The van der Waals surface area contributed by atoms with Crippen molar-refractivity contribution in [3.8, 4) is 0 Å². The molecule has 0 saturated carbocycles. The maximum absolute atomic E-state index is 5.49. The first-order chi connectivity index (χ1) is 7.15. The maximum Gasteiger partial charge on any atom is 0.240 e. The molecule has 1 aromatic rings. The van der Waals surface area contributed by atoms with Gasteiger partial charge in [-0.1, -0.05) is 0 Å². The van der Waals surface area contributed by atoms with Crippen molar-refractivity contribution in [1.29, 1.82) is 0 Å². The van der Waals surface area contributed by atoms with Gasteiger partial charge in [0.15, 0.2) is 4.73 Å². The largest absolute Gasteiger partial charge is 0.378 e. The minimum absolute atomic E-state index is 0.257. The van der Waals surface area contributed by atoms with E-state index in [-0.39, 0.29) is 11.5 Å². The number of halogens is 1. The first-order valence-electron chi connectivity index (χ1n) is 4.64. The summed E-state index contributed by atoms with van der Waals surface area (Å²) in [6, 6.07) is 0. The summed E-state index contributed by atoms with van der Waals surface area (Å²) >= 11 is 3.29. The predicted octanol–water partition coefficient (Wildman–Crippen LogP) is 0.428. The van der Waals surface area contributed by atoms with Crippen molar-refractivity contribution < 1.29 is 9.47 Å². The third kappa shape index (κ3) is 2.14. The van der Waals surface area contributed by atoms with Crippen molar-refractivity contribution in [2.24, 2.45) is 0 Å². The minimum atomic E-state index is -0.303. The van der Waals surface area contributed by atoms with E-state index >= 15 is 0 Å². The molecule has 1 aromatic heterocycles. The Morgan fingerprint density at radius 3 is 3.00 bits per heavy atom. The van der Waals surface area contributed by atoms with Gasteiger partial charge < -0.3 is 15.2 Å². The number of nitrogens with zero attached hydrogens (tertiary/aromatic N) is 3. The predicted molar refractivity (Wildman–Crippen MR) is 57.3 cm³/mol. The van der Waals surface area contributed by atoms with Gasteiger partial charge in [-0.25, -0.2) is 4.68 Å². The highest BCUT2D eigenvalue weighted by Gasteiger charge is 2.36. The van der Waals surface area contributed by atoms with E-state index in [0.717, 1.165) is 13.0 Å². The standard InChI is InChI=1S/C8H13BrN4O2/c1-14-8(2-3-15-5-8)4-13-6(9)11-7(10)12-13/h2-5H2,1H3,(H2,10,12). The summed E-state index contributed by atoms with van der Waals surface area (Å²) in [5.41, 5.74) is 5.19. The van der Waals surface area contributed by atoms with Crippen LogP contribution in [0.1, 0.15) is 6.42 Å². The van der Waals surface area contributed by atoms with Crippen LogP contribution in [0.25, 0.3) is 0 Å². The van der Waals surface area contributed by atoms with Gasteiger partial charge in [0, 0.05) is 20.1 Å². The molecule has 0 amide bonds. The molecule has 0 spiro atoms. The van der Waals surface area contributed by atoms with Gasteiger partial charge in [0.05, 0.1) is 13.2 Å². The van der Waals surface area contributed by atoms with Crippen molar-refractivity contribution in [3.63, 3.8) is 0 Å². The molecular formula is C8H13BrN4O2. The molecule has 1 fully saturated rings. The molecule has 0 radical (unpaired) electrons. The first-order valence-corrected chi connectivity index (χ1v) is 5.43. The lowest BCUT2D eigenvalue weighted by molar-refractivity contribution is -0.0322. The number of anilines is 1. The van der Waals surface area contributed by atoms with Crippen LogP contribution in [-0.2, 0) is 16.0 Å². The third-order valence-electron chi connectivity index (χ3n) is 2.58. The van der Waals surface area contributed by atoms with Crippen LogP contribution >= 0.6 is 15.9 Å². The molecule has 0 aliphatic carbocycles. The Morgan fingerprint density at radius 1 is 1.73 bits per heavy atom. The Morgan fingerprint density at radius 2 is 2.53 bits per heavy atom. The van der Waals surface area contributed by atoms with Crippen molar-refractivity contribution in [2.45, 2.75) is 18.6 Å². The summed E-state index contributed by atoms with van der Waals surface area (Å²) in [6.45, 7) is 1.89. The molecule has 84 valence electrons. The lowest BCUT2D eigenvalue weighted by Crippen LogP contribution is -2.37. The van der Waals surface area contributed by atoms with Crippen LogP contribution in [0.15, 0.2) is 4.73 Å². The Labute approximate surface area is 95.9 Å². The fourth-order valence-electron chi connectivity index (χ4n) is 1.65. The second kappa shape index (κ2) is 4.07. The second-order valence-electron chi connectivity index (χ2n) is 3.59. The summed E-state index contributed by atoms with van der Waals surface area (Å²) in [7, 11) is 1.68. The van der Waals surface area contributed by atoms with Crippen LogP contribution in [-0.4, -0.2) is 40.7 Å². The zero-order valence-corrected chi connectivity index (χ0v) is 10.0. The van der Waals surface area contributed by atoms with Crippen LogP contribution < -0.4 is 5.73 Å². The summed E-state index contributed by atoms with van der Waals surface area (Å²) in [5.74, 6) is 0.257. The fraction of sp³-hybridized carbons (Fsp3) is 0.750. The van der Waals surface area contributed by atoms with Crippen molar-refractivity contribution in [2.75, 3.05) is 26.1 Å². The molecule has 7 heteroatoms. The first kappa shape index (κ1) is 10.8. The lowest BCUT2D eigenvalue weighted by atomic mass is 10.0. The third-order valence-corrected chi connectivity index (χ3v) is 3.17. The van der Waals surface area contributed by atoms with E-state index in [1.807, 2.05) is 0 Å². The number of hydrogen-bond acceptors (Lipinski definition) is 5. The zero-order chi connectivity index (χ0) is 10.9. The van der Waals surface area contributed by atoms with Gasteiger partial charge in [-0.05, 0) is 15.9 Å².